The Morgan fingerprint density at radius 1 is 1.00 bits per heavy atom. The highest BCUT2D eigenvalue weighted by molar-refractivity contribution is 6.08. The van der Waals surface area contributed by atoms with Gasteiger partial charge in [-0.05, 0) is 47.6 Å². The van der Waals surface area contributed by atoms with Gasteiger partial charge in [0, 0.05) is 23.4 Å². The Hall–Kier alpha value is -3.97. The van der Waals surface area contributed by atoms with Crippen LogP contribution >= 0.6 is 0 Å². The van der Waals surface area contributed by atoms with Gasteiger partial charge in [-0.1, -0.05) is 24.3 Å². The smallest absolute Gasteiger partial charge is 0.187 e. The van der Waals surface area contributed by atoms with Gasteiger partial charge in [-0.2, -0.15) is 0 Å². The van der Waals surface area contributed by atoms with Gasteiger partial charge in [-0.3, -0.25) is 15.1 Å². The number of hydrogen-bond acceptors (Lipinski definition) is 7. The minimum atomic E-state index is -0.271. The van der Waals surface area contributed by atoms with Gasteiger partial charge in [-0.15, -0.1) is 0 Å². The van der Waals surface area contributed by atoms with E-state index in [2.05, 4.69) is 0 Å². The summed E-state index contributed by atoms with van der Waals surface area (Å²) in [5.41, 5.74) is 2.18. The maximum absolute atomic E-state index is 12.1. The number of phenols is 3. The van der Waals surface area contributed by atoms with Crippen molar-refractivity contribution < 1.29 is 30.1 Å². The number of hydroxylamine groups is 2. The molecule has 0 saturated carbocycles. The Morgan fingerprint density at radius 2 is 1.80 bits per heavy atom. The number of ether oxygens (including phenoxy) is 1. The van der Waals surface area contributed by atoms with Gasteiger partial charge in [0.1, 0.15) is 11.5 Å². The third-order valence-corrected chi connectivity index (χ3v) is 4.40. The van der Waals surface area contributed by atoms with Crippen LogP contribution in [-0.4, -0.2) is 38.5 Å². The third kappa shape index (κ3) is 5.09. The summed E-state index contributed by atoms with van der Waals surface area (Å²) in [6.45, 7) is -0.0705. The molecule has 0 saturated heterocycles. The van der Waals surface area contributed by atoms with Crippen molar-refractivity contribution >= 4 is 11.9 Å². The van der Waals surface area contributed by atoms with E-state index in [0.29, 0.717) is 11.3 Å². The zero-order chi connectivity index (χ0) is 21.7. The molecule has 2 aromatic rings. The molecule has 0 radical (unpaired) electrons. The molecule has 154 valence electrons. The molecule has 0 unspecified atom stereocenters. The predicted octanol–water partition coefficient (Wildman–Crippen LogP) is 3.67. The monoisotopic (exact) mass is 407 g/mol. The maximum Gasteiger partial charge on any atom is 0.187 e. The molecular weight excluding hydrogens is 386 g/mol. The molecule has 1 aliphatic carbocycles. The molecule has 0 bridgehead atoms. The Balaban J connectivity index is 1.76. The van der Waals surface area contributed by atoms with Crippen LogP contribution < -0.4 is 4.74 Å². The van der Waals surface area contributed by atoms with Crippen LogP contribution in [0.5, 0.6) is 23.0 Å². The highest BCUT2D eigenvalue weighted by Crippen LogP contribution is 2.27. The second kappa shape index (κ2) is 9.02. The quantitative estimate of drug-likeness (QED) is 0.427. The van der Waals surface area contributed by atoms with Crippen molar-refractivity contribution in [1.29, 1.82) is 0 Å². The summed E-state index contributed by atoms with van der Waals surface area (Å²) in [4.78, 5) is 12.1. The van der Waals surface area contributed by atoms with E-state index in [1.54, 1.807) is 36.4 Å². The van der Waals surface area contributed by atoms with E-state index in [1.807, 2.05) is 0 Å². The minimum absolute atomic E-state index is 0.0462. The summed E-state index contributed by atoms with van der Waals surface area (Å²) in [6.07, 6.45) is 9.54. The molecule has 0 aliphatic heterocycles. The van der Waals surface area contributed by atoms with E-state index < -0.39 is 0 Å². The first-order valence-electron chi connectivity index (χ1n) is 9.03. The third-order valence-electron chi connectivity index (χ3n) is 4.40. The molecule has 7 heteroatoms. The second-order valence-electron chi connectivity index (χ2n) is 6.60. The molecule has 30 heavy (non-hydrogen) atoms. The van der Waals surface area contributed by atoms with Crippen LogP contribution in [0.25, 0.3) is 6.08 Å². The van der Waals surface area contributed by atoms with Gasteiger partial charge in [0.25, 0.3) is 0 Å². The van der Waals surface area contributed by atoms with Crippen molar-refractivity contribution in [2.45, 2.75) is 6.54 Å². The second-order valence-corrected chi connectivity index (χ2v) is 6.60. The molecule has 2 aromatic carbocycles. The van der Waals surface area contributed by atoms with Crippen LogP contribution in [-0.2, 0) is 11.3 Å². The van der Waals surface area contributed by atoms with Gasteiger partial charge in [0.15, 0.2) is 17.3 Å². The number of hydrogen-bond donors (Lipinski definition) is 4. The lowest BCUT2D eigenvalue weighted by Crippen LogP contribution is -2.14. The zero-order valence-corrected chi connectivity index (χ0v) is 16.2. The van der Waals surface area contributed by atoms with Crippen LogP contribution in [0.3, 0.4) is 0 Å². The Kier molecular flexibility index (Phi) is 6.24. The summed E-state index contributed by atoms with van der Waals surface area (Å²) in [6, 6.07) is 8.98. The van der Waals surface area contributed by atoms with Crippen molar-refractivity contribution in [2.75, 3.05) is 7.11 Å². The van der Waals surface area contributed by atoms with E-state index in [1.165, 1.54) is 43.7 Å². The number of carbonyl (C=O) groups is 1. The average molecular weight is 407 g/mol. The van der Waals surface area contributed by atoms with Gasteiger partial charge < -0.3 is 20.1 Å². The minimum Gasteiger partial charge on any atom is -0.508 e. The number of phenolic OH excluding ortho intramolecular Hbond substituents is 3. The Bertz CT molecular complexity index is 1080. The molecule has 0 amide bonds. The van der Waals surface area contributed by atoms with Crippen molar-refractivity contribution in [3.8, 4) is 23.0 Å². The number of methoxy groups -OCH3 is 1. The molecule has 0 heterocycles. The molecule has 1 aliphatic rings. The highest BCUT2D eigenvalue weighted by Gasteiger charge is 2.12. The summed E-state index contributed by atoms with van der Waals surface area (Å²) < 4.78 is 5.08. The van der Waals surface area contributed by atoms with Gasteiger partial charge in [0.05, 0.1) is 13.7 Å². The number of carbonyl (C=O) groups excluding carboxylic acids is 1. The van der Waals surface area contributed by atoms with Crippen LogP contribution in [0.15, 0.2) is 78.0 Å². The number of ketones is 1. The lowest BCUT2D eigenvalue weighted by molar-refractivity contribution is -0.111. The summed E-state index contributed by atoms with van der Waals surface area (Å²) >= 11 is 0. The van der Waals surface area contributed by atoms with Crippen molar-refractivity contribution in [3.63, 3.8) is 0 Å². The van der Waals surface area contributed by atoms with Crippen molar-refractivity contribution in [2.24, 2.45) is 0 Å². The molecule has 0 fully saturated rings. The number of aromatic hydroxyl groups is 3. The number of benzene rings is 2. The van der Waals surface area contributed by atoms with E-state index in [4.69, 9.17) is 4.74 Å². The summed E-state index contributed by atoms with van der Waals surface area (Å²) in [7, 11) is 1.47. The summed E-state index contributed by atoms with van der Waals surface area (Å²) in [5, 5.41) is 39.8. The van der Waals surface area contributed by atoms with Crippen LogP contribution in [0, 0.1) is 0 Å². The summed E-state index contributed by atoms with van der Waals surface area (Å²) in [5.74, 6) is -0.116. The van der Waals surface area contributed by atoms with Gasteiger partial charge in [-0.25, -0.2) is 0 Å². The lowest BCUT2D eigenvalue weighted by atomic mass is 10.0. The first kappa shape index (κ1) is 20.8. The van der Waals surface area contributed by atoms with E-state index >= 15 is 0 Å². The molecule has 3 rings (SSSR count). The van der Waals surface area contributed by atoms with Crippen molar-refractivity contribution in [1.82, 2.24) is 5.06 Å². The Labute approximate surface area is 173 Å². The highest BCUT2D eigenvalue weighted by atomic mass is 16.5. The zero-order valence-electron chi connectivity index (χ0n) is 16.2. The molecule has 4 N–H and O–H groups in total. The predicted molar refractivity (Wildman–Crippen MR) is 111 cm³/mol. The molecule has 0 spiro atoms. The molecule has 7 nitrogen and oxygen atoms in total. The first-order valence-corrected chi connectivity index (χ1v) is 9.03. The van der Waals surface area contributed by atoms with E-state index in [0.717, 1.165) is 16.2 Å². The van der Waals surface area contributed by atoms with Gasteiger partial charge in [0.2, 0.25) is 0 Å². The fraction of sp³-hybridized carbons (Fsp3) is 0.0870. The topological polar surface area (TPSA) is 110 Å². The number of nitrogens with zero attached hydrogens (tertiary/aromatic N) is 1. The largest absolute Gasteiger partial charge is 0.508 e. The molecule has 0 aromatic heterocycles. The fourth-order valence-electron chi connectivity index (χ4n) is 2.83. The van der Waals surface area contributed by atoms with E-state index in [9.17, 15) is 25.3 Å². The first-order chi connectivity index (χ1) is 14.4. The van der Waals surface area contributed by atoms with Gasteiger partial charge >= 0.3 is 0 Å². The maximum atomic E-state index is 12.1. The number of allylic oxidation sites excluding steroid dienone is 6. The molecular formula is C23H21NO6. The number of rotatable bonds is 6. The van der Waals surface area contributed by atoms with Crippen LogP contribution in [0.1, 0.15) is 11.1 Å². The lowest BCUT2D eigenvalue weighted by Gasteiger charge is -2.15. The van der Waals surface area contributed by atoms with Crippen LogP contribution in [0.4, 0.5) is 0 Å². The average Bonchev–Trinajstić information content (AvgIpc) is 2.71. The standard InChI is InChI=1S/C23H21NO6/c1-30-23-11-16(5-9-21(23)27)3-2-15-4-8-20(26)18(10-15)14-24(29)13-17-6-7-19(25)12-22(17)28/h2-12,14,25,27-29H,13H2,1H3/b3-2+,18-14?. The molecule has 0 atom stereocenters. The van der Waals surface area contributed by atoms with E-state index in [-0.39, 0.29) is 35.1 Å². The Morgan fingerprint density at radius 3 is 2.53 bits per heavy atom. The normalized spacial score (nSPS) is 14.9. The SMILES string of the molecule is COc1cc(/C=C/C2=CC(=CN(O)Cc3ccc(O)cc3O)C(=O)C=C2)ccc1O. The van der Waals surface area contributed by atoms with Crippen molar-refractivity contribution in [3.05, 3.63) is 89.2 Å². The van der Waals surface area contributed by atoms with Crippen LogP contribution in [0.2, 0.25) is 0 Å². The fourth-order valence-corrected chi connectivity index (χ4v) is 2.83.